The van der Waals surface area contributed by atoms with Crippen LogP contribution in [0.2, 0.25) is 0 Å². The maximum Gasteiger partial charge on any atom is 0.291 e. The van der Waals surface area contributed by atoms with Gasteiger partial charge in [0.25, 0.3) is 23.4 Å². The van der Waals surface area contributed by atoms with Crippen LogP contribution in [0.4, 0.5) is 8.78 Å². The number of carbonyl (C=O) groups excluding carboxylic acids is 5. The Morgan fingerprint density at radius 2 is 1.87 bits per heavy atom. The molecule has 0 radical (unpaired) electrons. The Morgan fingerprint density at radius 3 is 2.37 bits per heavy atom. The Hall–Kier alpha value is -2.50. The molecule has 6 atom stereocenters. The number of fused-ring (bicyclic) bond motifs is 1. The molecular weight excluding hydrogens is 524 g/mol. The smallest absolute Gasteiger partial charge is 0.291 e. The Bertz CT molecular complexity index is 1040. The van der Waals surface area contributed by atoms with Crippen LogP contribution in [0.15, 0.2) is 0 Å². The van der Waals surface area contributed by atoms with Crippen LogP contribution in [-0.4, -0.2) is 82.5 Å². The van der Waals surface area contributed by atoms with Crippen molar-refractivity contribution in [3.63, 3.8) is 0 Å². The van der Waals surface area contributed by atoms with Gasteiger partial charge in [-0.25, -0.2) is 13.8 Å². The number of likely N-dealkylation sites (tertiary alicyclic amines) is 1. The molecule has 38 heavy (non-hydrogen) atoms. The zero-order valence-electron chi connectivity index (χ0n) is 22.3. The second-order valence-electron chi connectivity index (χ2n) is 12.6. The number of amides is 5. The van der Waals surface area contributed by atoms with Gasteiger partial charge >= 0.3 is 0 Å². The molecule has 0 aromatic heterocycles. The van der Waals surface area contributed by atoms with Crippen LogP contribution in [0.1, 0.15) is 53.9 Å². The van der Waals surface area contributed by atoms with Gasteiger partial charge in [0.1, 0.15) is 12.1 Å². The molecule has 5 amide bonds. The predicted octanol–water partition coefficient (Wildman–Crippen LogP) is 1.03. The molecule has 0 aromatic carbocycles. The molecular formula is C25H36ClF2N5O5. The summed E-state index contributed by atoms with van der Waals surface area (Å²) in [5.74, 6) is -4.57. The zero-order chi connectivity index (χ0) is 28.4. The van der Waals surface area contributed by atoms with Crippen molar-refractivity contribution in [1.29, 1.82) is 0 Å². The van der Waals surface area contributed by atoms with Crippen molar-refractivity contribution in [1.82, 2.24) is 26.0 Å². The molecule has 2 saturated carbocycles. The van der Waals surface area contributed by atoms with Gasteiger partial charge < -0.3 is 15.5 Å². The lowest BCUT2D eigenvalue weighted by Crippen LogP contribution is -2.62. The van der Waals surface area contributed by atoms with Crippen molar-refractivity contribution < 1.29 is 32.8 Å². The largest absolute Gasteiger partial charge is 0.356 e. The molecule has 0 spiro atoms. The van der Waals surface area contributed by atoms with E-state index in [1.54, 1.807) is 20.8 Å². The average molecular weight is 560 g/mol. The SMILES string of the molecule is CC(C)(C)[C@H](NC(=O)C1(F)CC1)C(=O)N1C[C@H]2[C@@H]([C@H]1C(=O)NN(C[C@@H]1CCNC1=O)C(=O)[C@@H](F)Cl)C2(C)C. The number of hydrogen-bond acceptors (Lipinski definition) is 5. The monoisotopic (exact) mass is 559 g/mol. The topological polar surface area (TPSA) is 128 Å². The maximum absolute atomic E-state index is 14.4. The summed E-state index contributed by atoms with van der Waals surface area (Å²) in [5.41, 5.74) is -3.07. The molecule has 0 bridgehead atoms. The van der Waals surface area contributed by atoms with E-state index in [0.717, 1.165) is 0 Å². The highest BCUT2D eigenvalue weighted by Gasteiger charge is 2.70. The minimum absolute atomic E-state index is 0.0128. The first-order valence-corrected chi connectivity index (χ1v) is 13.4. The number of nitrogens with zero attached hydrogens (tertiary/aromatic N) is 2. The predicted molar refractivity (Wildman–Crippen MR) is 132 cm³/mol. The molecule has 2 saturated heterocycles. The number of rotatable bonds is 7. The minimum Gasteiger partial charge on any atom is -0.356 e. The lowest BCUT2D eigenvalue weighted by Gasteiger charge is -2.38. The fourth-order valence-electron chi connectivity index (χ4n) is 5.77. The standard InChI is InChI=1S/C25H36ClF2N5O5/c1-23(2,3)16(30-22(38)25(28)7-8-25)20(36)32-11-13-14(24(13,4)5)15(32)19(35)31-33(21(37)17(26)27)10-12-6-9-29-18(12)34/h12-17H,6-11H2,1-5H3,(H,29,34)(H,30,38)(H,31,35)/t12-,13-,14-,15-,16+,17+/m0/s1. The van der Waals surface area contributed by atoms with Crippen molar-refractivity contribution in [2.45, 2.75) is 77.3 Å². The summed E-state index contributed by atoms with van der Waals surface area (Å²) in [6.07, 6.45) is 0.582. The van der Waals surface area contributed by atoms with Crippen molar-refractivity contribution in [3.05, 3.63) is 0 Å². The molecule has 13 heteroatoms. The van der Waals surface area contributed by atoms with Crippen molar-refractivity contribution >= 4 is 41.1 Å². The van der Waals surface area contributed by atoms with Gasteiger partial charge in [0.2, 0.25) is 11.8 Å². The fraction of sp³-hybridized carbons (Fsp3) is 0.800. The summed E-state index contributed by atoms with van der Waals surface area (Å²) in [7, 11) is 0. The molecule has 3 N–H and O–H groups in total. The molecule has 0 unspecified atom stereocenters. The number of alkyl halides is 3. The van der Waals surface area contributed by atoms with E-state index in [2.05, 4.69) is 16.1 Å². The van der Waals surface area contributed by atoms with Crippen molar-refractivity contribution in [2.75, 3.05) is 19.6 Å². The van der Waals surface area contributed by atoms with Crippen molar-refractivity contribution in [2.24, 2.45) is 28.6 Å². The average Bonchev–Trinajstić information content (AvgIpc) is 3.49. The van der Waals surface area contributed by atoms with Crippen LogP contribution in [0.25, 0.3) is 0 Å². The molecule has 2 heterocycles. The summed E-state index contributed by atoms with van der Waals surface area (Å²) in [5, 5.41) is 5.90. The van der Waals surface area contributed by atoms with Gasteiger partial charge in [0.05, 0.1) is 12.5 Å². The molecule has 212 valence electrons. The van der Waals surface area contributed by atoms with Gasteiger partial charge in [0, 0.05) is 13.1 Å². The molecule has 4 fully saturated rings. The fourth-order valence-corrected chi connectivity index (χ4v) is 5.89. The third kappa shape index (κ3) is 5.20. The lowest BCUT2D eigenvalue weighted by molar-refractivity contribution is -0.151. The molecule has 2 aliphatic carbocycles. The molecule has 0 aromatic rings. The highest BCUT2D eigenvalue weighted by molar-refractivity contribution is 6.29. The Morgan fingerprint density at radius 1 is 1.24 bits per heavy atom. The van der Waals surface area contributed by atoms with Gasteiger partial charge in [-0.3, -0.25) is 29.4 Å². The van der Waals surface area contributed by atoms with Crippen LogP contribution >= 0.6 is 11.6 Å². The van der Waals surface area contributed by atoms with E-state index in [9.17, 15) is 32.8 Å². The first kappa shape index (κ1) is 28.5. The quantitative estimate of drug-likeness (QED) is 0.317. The summed E-state index contributed by atoms with van der Waals surface area (Å²) >= 11 is 5.39. The first-order valence-electron chi connectivity index (χ1n) is 13.0. The highest BCUT2D eigenvalue weighted by atomic mass is 35.5. The van der Waals surface area contributed by atoms with Gasteiger partial charge in [-0.05, 0) is 41.9 Å². The van der Waals surface area contributed by atoms with E-state index in [-0.39, 0.29) is 49.1 Å². The highest BCUT2D eigenvalue weighted by Crippen LogP contribution is 2.65. The molecule has 2 aliphatic heterocycles. The van der Waals surface area contributed by atoms with Crippen LogP contribution in [0.3, 0.4) is 0 Å². The summed E-state index contributed by atoms with van der Waals surface area (Å²) < 4.78 is 28.2. The summed E-state index contributed by atoms with van der Waals surface area (Å²) in [6.45, 7) is 9.49. The first-order chi connectivity index (χ1) is 17.5. The van der Waals surface area contributed by atoms with Crippen molar-refractivity contribution in [3.8, 4) is 0 Å². The van der Waals surface area contributed by atoms with E-state index >= 15 is 0 Å². The normalized spacial score (nSPS) is 30.0. The minimum atomic E-state index is -2.44. The number of hydrazine groups is 1. The number of hydrogen-bond donors (Lipinski definition) is 3. The van der Waals surface area contributed by atoms with E-state index in [0.29, 0.717) is 18.0 Å². The van der Waals surface area contributed by atoms with Crippen LogP contribution < -0.4 is 16.1 Å². The third-order valence-corrected chi connectivity index (χ3v) is 8.69. The van der Waals surface area contributed by atoms with Gasteiger partial charge in [-0.1, -0.05) is 46.2 Å². The van der Waals surface area contributed by atoms with E-state index in [4.69, 9.17) is 11.6 Å². The summed E-state index contributed by atoms with van der Waals surface area (Å²) in [6, 6.07) is -2.12. The van der Waals surface area contributed by atoms with E-state index < -0.39 is 58.3 Å². The Labute approximate surface area is 225 Å². The number of nitrogens with one attached hydrogen (secondary N) is 3. The Kier molecular flexibility index (Phi) is 7.20. The third-order valence-electron chi connectivity index (χ3n) is 8.51. The number of carbonyl (C=O) groups is 5. The van der Waals surface area contributed by atoms with Crippen LogP contribution in [-0.2, 0) is 24.0 Å². The van der Waals surface area contributed by atoms with Gasteiger partial charge in [-0.15, -0.1) is 0 Å². The Balaban J connectivity index is 1.56. The number of halogens is 3. The molecule has 4 rings (SSSR count). The van der Waals surface area contributed by atoms with E-state index in [1.807, 2.05) is 13.8 Å². The summed E-state index contributed by atoms with van der Waals surface area (Å²) in [4.78, 5) is 65.9. The second-order valence-corrected chi connectivity index (χ2v) is 13.0. The van der Waals surface area contributed by atoms with E-state index in [1.165, 1.54) is 4.90 Å². The van der Waals surface area contributed by atoms with Gasteiger partial charge in [0.15, 0.2) is 5.67 Å². The maximum atomic E-state index is 14.4. The second kappa shape index (κ2) is 9.60. The molecule has 4 aliphatic rings. The van der Waals surface area contributed by atoms with Gasteiger partial charge in [-0.2, -0.15) is 0 Å². The van der Waals surface area contributed by atoms with Crippen LogP contribution in [0, 0.1) is 28.6 Å². The number of piperidine rings is 1. The van der Waals surface area contributed by atoms with Crippen LogP contribution in [0.5, 0.6) is 0 Å². The zero-order valence-corrected chi connectivity index (χ0v) is 23.0. The molecule has 10 nitrogen and oxygen atoms in total. The lowest BCUT2D eigenvalue weighted by atomic mass is 9.85.